The maximum absolute atomic E-state index is 12.3. The van der Waals surface area contributed by atoms with Crippen molar-refractivity contribution in [1.29, 1.82) is 0 Å². The van der Waals surface area contributed by atoms with E-state index in [1.165, 1.54) is 11.3 Å². The van der Waals surface area contributed by atoms with Gasteiger partial charge in [-0.15, -0.1) is 10.2 Å². The third-order valence-electron chi connectivity index (χ3n) is 3.77. The van der Waals surface area contributed by atoms with Gasteiger partial charge in [0.2, 0.25) is 5.13 Å². The summed E-state index contributed by atoms with van der Waals surface area (Å²) in [5.74, 6) is -0.236. The maximum atomic E-state index is 12.3. The van der Waals surface area contributed by atoms with Crippen molar-refractivity contribution in [3.05, 3.63) is 35.1 Å². The van der Waals surface area contributed by atoms with Crippen LogP contribution in [0.1, 0.15) is 21.8 Å². The van der Waals surface area contributed by atoms with Crippen molar-refractivity contribution in [3.8, 4) is 0 Å². The molecule has 3 N–H and O–H groups in total. The summed E-state index contributed by atoms with van der Waals surface area (Å²) in [7, 11) is 0. The SMILES string of the molecule is Cc1nnc(NC(=O)c2ccc3c(c2)ncn3CCOCOCCCN)s1. The van der Waals surface area contributed by atoms with Crippen LogP contribution >= 0.6 is 11.3 Å². The van der Waals surface area contributed by atoms with Crippen LogP contribution in [0.5, 0.6) is 0 Å². The van der Waals surface area contributed by atoms with Crippen molar-refractivity contribution in [1.82, 2.24) is 19.7 Å². The number of aromatic nitrogens is 4. The average molecular weight is 390 g/mol. The maximum Gasteiger partial charge on any atom is 0.257 e. The minimum absolute atomic E-state index is 0.236. The highest BCUT2D eigenvalue weighted by Gasteiger charge is 2.11. The highest BCUT2D eigenvalue weighted by molar-refractivity contribution is 7.15. The lowest BCUT2D eigenvalue weighted by Gasteiger charge is -2.07. The number of carbonyl (C=O) groups is 1. The Morgan fingerprint density at radius 1 is 1.30 bits per heavy atom. The molecule has 0 spiro atoms. The monoisotopic (exact) mass is 390 g/mol. The van der Waals surface area contributed by atoms with Crippen molar-refractivity contribution in [3.63, 3.8) is 0 Å². The first-order valence-corrected chi connectivity index (χ1v) is 9.41. The van der Waals surface area contributed by atoms with Gasteiger partial charge in [0.15, 0.2) is 0 Å². The molecule has 0 unspecified atom stereocenters. The molecule has 0 aliphatic carbocycles. The van der Waals surface area contributed by atoms with Gasteiger partial charge in [-0.25, -0.2) is 4.98 Å². The summed E-state index contributed by atoms with van der Waals surface area (Å²) < 4.78 is 12.7. The number of nitrogens with two attached hydrogens (primary N) is 1. The molecule has 27 heavy (non-hydrogen) atoms. The molecule has 10 heteroatoms. The lowest BCUT2D eigenvalue weighted by Crippen LogP contribution is -2.12. The fourth-order valence-electron chi connectivity index (χ4n) is 2.42. The van der Waals surface area contributed by atoms with Crippen LogP contribution in [0.3, 0.4) is 0 Å². The molecule has 0 aliphatic heterocycles. The molecule has 3 aromatic rings. The number of rotatable bonds is 10. The Morgan fingerprint density at radius 2 is 2.15 bits per heavy atom. The first-order chi connectivity index (χ1) is 13.2. The number of amides is 1. The van der Waals surface area contributed by atoms with Gasteiger partial charge < -0.3 is 19.8 Å². The van der Waals surface area contributed by atoms with E-state index in [0.29, 0.717) is 37.0 Å². The van der Waals surface area contributed by atoms with Crippen LogP contribution in [-0.4, -0.2) is 52.2 Å². The summed E-state index contributed by atoms with van der Waals surface area (Å²) in [6.45, 7) is 4.45. The number of ether oxygens (including phenoxy) is 2. The summed E-state index contributed by atoms with van der Waals surface area (Å²) >= 11 is 1.33. The van der Waals surface area contributed by atoms with Gasteiger partial charge in [0, 0.05) is 12.1 Å². The molecule has 9 nitrogen and oxygen atoms in total. The van der Waals surface area contributed by atoms with Crippen LogP contribution in [0.2, 0.25) is 0 Å². The molecule has 1 amide bonds. The smallest absolute Gasteiger partial charge is 0.257 e. The number of aryl methyl sites for hydroxylation is 1. The first-order valence-electron chi connectivity index (χ1n) is 8.59. The predicted octanol–water partition coefficient (Wildman–Crippen LogP) is 1.79. The standard InChI is InChI=1S/C17H22N6O3S/c1-12-21-22-17(27-12)20-16(24)13-3-4-15-14(9-13)19-10-23(15)6-8-26-11-25-7-2-5-18/h3-4,9-10H,2,5-8,11,18H2,1H3,(H,20,22,24). The minimum atomic E-state index is -0.236. The van der Waals surface area contributed by atoms with Crippen LogP contribution in [0.25, 0.3) is 11.0 Å². The molecular formula is C17H22N6O3S. The van der Waals surface area contributed by atoms with E-state index in [2.05, 4.69) is 20.5 Å². The number of fused-ring (bicyclic) bond motifs is 1. The Morgan fingerprint density at radius 3 is 2.93 bits per heavy atom. The van der Waals surface area contributed by atoms with E-state index in [1.807, 2.05) is 17.6 Å². The van der Waals surface area contributed by atoms with E-state index >= 15 is 0 Å². The number of nitrogens with one attached hydrogen (secondary N) is 1. The molecule has 0 saturated carbocycles. The van der Waals surface area contributed by atoms with Gasteiger partial charge in [0.1, 0.15) is 11.8 Å². The quantitative estimate of drug-likeness (QED) is 0.400. The van der Waals surface area contributed by atoms with Gasteiger partial charge >= 0.3 is 0 Å². The molecule has 0 atom stereocenters. The van der Waals surface area contributed by atoms with Gasteiger partial charge in [-0.2, -0.15) is 0 Å². The molecule has 144 valence electrons. The second-order valence-electron chi connectivity index (χ2n) is 5.80. The van der Waals surface area contributed by atoms with Crippen LogP contribution in [0.4, 0.5) is 5.13 Å². The number of benzene rings is 1. The Hall–Kier alpha value is -2.40. The Labute approximate surface area is 160 Å². The Kier molecular flexibility index (Phi) is 6.82. The summed E-state index contributed by atoms with van der Waals surface area (Å²) in [6, 6.07) is 5.40. The highest BCUT2D eigenvalue weighted by atomic mass is 32.1. The van der Waals surface area contributed by atoms with Crippen LogP contribution in [0.15, 0.2) is 24.5 Å². The molecule has 0 saturated heterocycles. The number of hydrogen-bond acceptors (Lipinski definition) is 8. The van der Waals surface area contributed by atoms with E-state index in [-0.39, 0.29) is 12.7 Å². The number of anilines is 1. The van der Waals surface area contributed by atoms with Gasteiger partial charge in [-0.05, 0) is 38.1 Å². The molecule has 0 fully saturated rings. The fourth-order valence-corrected chi connectivity index (χ4v) is 3.01. The van der Waals surface area contributed by atoms with E-state index in [4.69, 9.17) is 15.2 Å². The molecule has 2 aromatic heterocycles. The van der Waals surface area contributed by atoms with E-state index in [0.717, 1.165) is 22.5 Å². The Bertz CT molecular complexity index is 894. The lowest BCUT2D eigenvalue weighted by atomic mass is 10.2. The van der Waals surface area contributed by atoms with E-state index < -0.39 is 0 Å². The van der Waals surface area contributed by atoms with Crippen LogP contribution in [-0.2, 0) is 16.0 Å². The molecule has 0 bridgehead atoms. The predicted molar refractivity (Wildman–Crippen MR) is 103 cm³/mol. The van der Waals surface area contributed by atoms with Gasteiger partial charge in [0.05, 0.1) is 30.6 Å². The average Bonchev–Trinajstić information content (AvgIpc) is 3.26. The van der Waals surface area contributed by atoms with Crippen molar-refractivity contribution < 1.29 is 14.3 Å². The zero-order valence-electron chi connectivity index (χ0n) is 15.1. The number of imidazole rings is 1. The van der Waals surface area contributed by atoms with E-state index in [1.54, 1.807) is 18.5 Å². The number of hydrogen-bond donors (Lipinski definition) is 2. The second kappa shape index (κ2) is 9.51. The van der Waals surface area contributed by atoms with Crippen molar-refractivity contribution in [2.24, 2.45) is 5.73 Å². The molecule has 0 radical (unpaired) electrons. The second-order valence-corrected chi connectivity index (χ2v) is 6.98. The van der Waals surface area contributed by atoms with Gasteiger partial charge in [-0.1, -0.05) is 11.3 Å². The summed E-state index contributed by atoms with van der Waals surface area (Å²) in [4.78, 5) is 16.7. The minimum Gasteiger partial charge on any atom is -0.355 e. The molecule has 2 heterocycles. The van der Waals surface area contributed by atoms with Gasteiger partial charge in [-0.3, -0.25) is 10.1 Å². The third-order valence-corrected chi connectivity index (χ3v) is 4.52. The van der Waals surface area contributed by atoms with E-state index in [9.17, 15) is 4.79 Å². The highest BCUT2D eigenvalue weighted by Crippen LogP contribution is 2.18. The summed E-state index contributed by atoms with van der Waals surface area (Å²) in [5.41, 5.74) is 7.59. The van der Waals surface area contributed by atoms with Crippen molar-refractivity contribution in [2.75, 3.05) is 31.9 Å². The molecular weight excluding hydrogens is 368 g/mol. The van der Waals surface area contributed by atoms with Crippen molar-refractivity contribution in [2.45, 2.75) is 19.9 Å². The zero-order valence-corrected chi connectivity index (χ0v) is 15.9. The van der Waals surface area contributed by atoms with Crippen molar-refractivity contribution >= 4 is 33.4 Å². The third kappa shape index (κ3) is 5.30. The largest absolute Gasteiger partial charge is 0.355 e. The summed E-state index contributed by atoms with van der Waals surface area (Å²) in [6.07, 6.45) is 2.56. The number of nitrogens with zero attached hydrogens (tertiary/aromatic N) is 4. The van der Waals surface area contributed by atoms with Gasteiger partial charge in [0.25, 0.3) is 5.91 Å². The lowest BCUT2D eigenvalue weighted by molar-refractivity contribution is -0.0557. The van der Waals surface area contributed by atoms with Crippen LogP contribution in [0, 0.1) is 6.92 Å². The molecule has 3 rings (SSSR count). The zero-order chi connectivity index (χ0) is 19.1. The molecule has 1 aromatic carbocycles. The summed E-state index contributed by atoms with van der Waals surface area (Å²) in [5, 5.41) is 11.8. The molecule has 0 aliphatic rings. The topological polar surface area (TPSA) is 117 Å². The fraction of sp³-hybridized carbons (Fsp3) is 0.412. The normalized spacial score (nSPS) is 11.2. The Balaban J connectivity index is 1.55. The number of carbonyl (C=O) groups excluding carboxylic acids is 1. The first kappa shape index (κ1) is 19.4. The van der Waals surface area contributed by atoms with Crippen LogP contribution < -0.4 is 11.1 Å².